The summed E-state index contributed by atoms with van der Waals surface area (Å²) in [6.07, 6.45) is 6.52. The Hall–Kier alpha value is -3.08. The van der Waals surface area contributed by atoms with Gasteiger partial charge in [0.25, 0.3) is 0 Å². The topological polar surface area (TPSA) is 50.2 Å². The van der Waals surface area contributed by atoms with Crippen molar-refractivity contribution in [3.63, 3.8) is 0 Å². The van der Waals surface area contributed by atoms with Crippen LogP contribution < -0.4 is 10.2 Å². The van der Waals surface area contributed by atoms with Crippen LogP contribution in [0.4, 0.5) is 11.4 Å². The van der Waals surface area contributed by atoms with Crippen LogP contribution in [0.2, 0.25) is 0 Å². The lowest BCUT2D eigenvalue weighted by Gasteiger charge is -2.19. The molecular weight excluding hydrogens is 336 g/mol. The number of carbonyl (C=O) groups is 1. The van der Waals surface area contributed by atoms with Gasteiger partial charge in [-0.05, 0) is 67.3 Å². The summed E-state index contributed by atoms with van der Waals surface area (Å²) >= 11 is 0. The minimum absolute atomic E-state index is 0.00105. The second kappa shape index (κ2) is 7.66. The molecule has 0 radical (unpaired) electrons. The highest BCUT2D eigenvalue weighted by Crippen LogP contribution is 2.25. The van der Waals surface area contributed by atoms with Crippen molar-refractivity contribution in [2.75, 3.05) is 23.3 Å². The molecule has 1 aliphatic rings. The number of hydrogen-bond donors (Lipinski definition) is 1. The highest BCUT2D eigenvalue weighted by atomic mass is 16.1. The Morgan fingerprint density at radius 2 is 1.81 bits per heavy atom. The Morgan fingerprint density at radius 3 is 2.48 bits per heavy atom. The quantitative estimate of drug-likeness (QED) is 0.749. The van der Waals surface area contributed by atoms with E-state index in [0.717, 1.165) is 35.6 Å². The molecule has 5 nitrogen and oxygen atoms in total. The Morgan fingerprint density at radius 1 is 1.07 bits per heavy atom. The minimum atomic E-state index is -0.00105. The summed E-state index contributed by atoms with van der Waals surface area (Å²) in [5, 5.41) is 7.26. The normalized spacial score (nSPS) is 13.7. The van der Waals surface area contributed by atoms with Crippen molar-refractivity contribution >= 4 is 17.3 Å². The first-order valence-corrected chi connectivity index (χ1v) is 9.43. The molecule has 0 atom stereocenters. The summed E-state index contributed by atoms with van der Waals surface area (Å²) in [4.78, 5) is 14.9. The number of nitrogens with zero attached hydrogens (tertiary/aromatic N) is 3. The fraction of sp³-hybridized carbons (Fsp3) is 0.273. The maximum atomic E-state index is 12.4. The number of aryl methyl sites for hydroxylation is 1. The number of amides is 1. The molecular formula is C22H24N4O. The van der Waals surface area contributed by atoms with E-state index >= 15 is 0 Å². The molecule has 4 rings (SSSR count). The smallest absolute Gasteiger partial charge is 0.228 e. The van der Waals surface area contributed by atoms with Gasteiger partial charge in [0, 0.05) is 36.9 Å². The van der Waals surface area contributed by atoms with Gasteiger partial charge in [-0.3, -0.25) is 4.79 Å². The van der Waals surface area contributed by atoms with E-state index in [1.807, 2.05) is 49.5 Å². The van der Waals surface area contributed by atoms with Crippen molar-refractivity contribution in [3.05, 3.63) is 72.1 Å². The molecule has 3 aromatic rings. The molecule has 0 saturated carbocycles. The average Bonchev–Trinajstić information content (AvgIpc) is 3.38. The first-order chi connectivity index (χ1) is 13.2. The molecule has 1 fully saturated rings. The predicted molar refractivity (Wildman–Crippen MR) is 109 cm³/mol. The average molecular weight is 360 g/mol. The van der Waals surface area contributed by atoms with Gasteiger partial charge in [0.2, 0.25) is 5.91 Å². The van der Waals surface area contributed by atoms with Crippen molar-refractivity contribution in [3.8, 4) is 5.69 Å². The van der Waals surface area contributed by atoms with Crippen molar-refractivity contribution in [1.82, 2.24) is 9.78 Å². The number of rotatable bonds is 5. The van der Waals surface area contributed by atoms with Crippen LogP contribution in [0.25, 0.3) is 5.69 Å². The number of carbonyl (C=O) groups excluding carboxylic acids is 1. The lowest BCUT2D eigenvalue weighted by molar-refractivity contribution is -0.115. The van der Waals surface area contributed by atoms with Crippen LogP contribution in [0.1, 0.15) is 24.0 Å². The van der Waals surface area contributed by atoms with Crippen LogP contribution in [0, 0.1) is 6.92 Å². The van der Waals surface area contributed by atoms with Crippen LogP contribution in [-0.2, 0) is 11.2 Å². The molecule has 5 heteroatoms. The van der Waals surface area contributed by atoms with E-state index in [9.17, 15) is 4.79 Å². The molecule has 138 valence electrons. The zero-order valence-corrected chi connectivity index (χ0v) is 15.6. The van der Waals surface area contributed by atoms with Gasteiger partial charge in [0.1, 0.15) is 0 Å². The molecule has 0 unspecified atom stereocenters. The van der Waals surface area contributed by atoms with Crippen LogP contribution in [0.15, 0.2) is 60.9 Å². The van der Waals surface area contributed by atoms with Crippen LogP contribution in [-0.4, -0.2) is 28.8 Å². The van der Waals surface area contributed by atoms with Crippen molar-refractivity contribution < 1.29 is 4.79 Å². The largest absolute Gasteiger partial charge is 0.372 e. The van der Waals surface area contributed by atoms with E-state index in [1.54, 1.807) is 10.9 Å². The molecule has 0 aliphatic carbocycles. The monoisotopic (exact) mass is 360 g/mol. The van der Waals surface area contributed by atoms with Gasteiger partial charge in [0.05, 0.1) is 12.1 Å². The fourth-order valence-corrected chi connectivity index (χ4v) is 3.53. The van der Waals surface area contributed by atoms with Crippen molar-refractivity contribution in [2.24, 2.45) is 0 Å². The van der Waals surface area contributed by atoms with E-state index in [4.69, 9.17) is 0 Å². The molecule has 1 N–H and O–H groups in total. The summed E-state index contributed by atoms with van der Waals surface area (Å²) < 4.78 is 1.80. The second-order valence-corrected chi connectivity index (χ2v) is 7.04. The van der Waals surface area contributed by atoms with Gasteiger partial charge >= 0.3 is 0 Å². The lowest BCUT2D eigenvalue weighted by atomic mass is 10.1. The SMILES string of the molecule is Cc1cc(N2CCCC2)ccc1NC(=O)Cc1ccc(-n2cccn2)cc1. The predicted octanol–water partition coefficient (Wildman–Crippen LogP) is 3.96. The van der Waals surface area contributed by atoms with E-state index < -0.39 is 0 Å². The highest BCUT2D eigenvalue weighted by molar-refractivity contribution is 5.93. The number of aromatic nitrogens is 2. The molecule has 0 spiro atoms. The minimum Gasteiger partial charge on any atom is -0.372 e. The first kappa shape index (κ1) is 17.3. The zero-order chi connectivity index (χ0) is 18.6. The van der Waals surface area contributed by atoms with Crippen LogP contribution in [0.3, 0.4) is 0 Å². The Kier molecular flexibility index (Phi) is 4.92. The van der Waals surface area contributed by atoms with E-state index in [-0.39, 0.29) is 5.91 Å². The third kappa shape index (κ3) is 4.03. The van der Waals surface area contributed by atoms with Gasteiger partial charge in [-0.2, -0.15) is 5.10 Å². The molecule has 1 saturated heterocycles. The standard InChI is InChI=1S/C22H24N4O/c1-17-15-20(25-12-2-3-13-25)9-10-21(17)24-22(27)16-18-5-7-19(8-6-18)26-14-4-11-23-26/h4-11,14-15H,2-3,12-13,16H2,1H3,(H,24,27). The van der Waals surface area contributed by atoms with E-state index in [1.165, 1.54) is 18.5 Å². The van der Waals surface area contributed by atoms with Gasteiger partial charge in [0.15, 0.2) is 0 Å². The number of anilines is 2. The van der Waals surface area contributed by atoms with E-state index in [0.29, 0.717) is 6.42 Å². The van der Waals surface area contributed by atoms with Crippen molar-refractivity contribution in [1.29, 1.82) is 0 Å². The number of nitrogens with one attached hydrogen (secondary N) is 1. The highest BCUT2D eigenvalue weighted by Gasteiger charge is 2.14. The maximum absolute atomic E-state index is 12.4. The Balaban J connectivity index is 1.39. The number of benzene rings is 2. The Labute approximate surface area is 159 Å². The van der Waals surface area contributed by atoms with Gasteiger partial charge in [-0.25, -0.2) is 4.68 Å². The van der Waals surface area contributed by atoms with Crippen molar-refractivity contribution in [2.45, 2.75) is 26.2 Å². The molecule has 1 aromatic heterocycles. The van der Waals surface area contributed by atoms with Gasteiger partial charge < -0.3 is 10.2 Å². The molecule has 27 heavy (non-hydrogen) atoms. The first-order valence-electron chi connectivity index (χ1n) is 9.43. The third-order valence-electron chi connectivity index (χ3n) is 5.03. The molecule has 2 heterocycles. The summed E-state index contributed by atoms with van der Waals surface area (Å²) in [5.74, 6) is -0.00105. The fourth-order valence-electron chi connectivity index (χ4n) is 3.53. The molecule has 0 bridgehead atoms. The zero-order valence-electron chi connectivity index (χ0n) is 15.6. The van der Waals surface area contributed by atoms with Crippen LogP contribution >= 0.6 is 0 Å². The molecule has 1 amide bonds. The third-order valence-corrected chi connectivity index (χ3v) is 5.03. The van der Waals surface area contributed by atoms with Gasteiger partial charge in [-0.1, -0.05) is 12.1 Å². The lowest BCUT2D eigenvalue weighted by Crippen LogP contribution is -2.18. The second-order valence-electron chi connectivity index (χ2n) is 7.04. The summed E-state index contributed by atoms with van der Waals surface area (Å²) in [6.45, 7) is 4.30. The summed E-state index contributed by atoms with van der Waals surface area (Å²) in [5.41, 5.74) is 5.20. The molecule has 2 aromatic carbocycles. The summed E-state index contributed by atoms with van der Waals surface area (Å²) in [7, 11) is 0. The Bertz CT molecular complexity index is 910. The van der Waals surface area contributed by atoms with E-state index in [2.05, 4.69) is 27.4 Å². The number of hydrogen-bond acceptors (Lipinski definition) is 3. The maximum Gasteiger partial charge on any atom is 0.228 e. The molecule has 1 aliphatic heterocycles. The summed E-state index contributed by atoms with van der Waals surface area (Å²) in [6, 6.07) is 16.1. The van der Waals surface area contributed by atoms with Gasteiger partial charge in [-0.15, -0.1) is 0 Å². The van der Waals surface area contributed by atoms with Crippen LogP contribution in [0.5, 0.6) is 0 Å².